The summed E-state index contributed by atoms with van der Waals surface area (Å²) in [6.45, 7) is 1.75. The van der Waals surface area contributed by atoms with E-state index in [1.807, 2.05) is 0 Å². The lowest BCUT2D eigenvalue weighted by Crippen LogP contribution is -2.33. The Morgan fingerprint density at radius 3 is 2.19 bits per heavy atom. The first-order valence-electron chi connectivity index (χ1n) is 8.10. The van der Waals surface area contributed by atoms with Crippen LogP contribution in [0.5, 0.6) is 0 Å². The molecule has 0 aliphatic heterocycles. The molecule has 5 nitrogen and oxygen atoms in total. The lowest BCUT2D eigenvalue weighted by Gasteiger charge is -2.23. The summed E-state index contributed by atoms with van der Waals surface area (Å²) in [5.74, 6) is -0.487. The van der Waals surface area contributed by atoms with E-state index in [4.69, 9.17) is 39.5 Å². The number of carbonyl (C=O) groups excluding carboxylic acids is 1. The van der Waals surface area contributed by atoms with Crippen LogP contribution in [0.15, 0.2) is 47.4 Å². The van der Waals surface area contributed by atoms with Gasteiger partial charge in [-0.25, -0.2) is 8.42 Å². The minimum atomic E-state index is -3.91. The highest BCUT2D eigenvalue weighted by atomic mass is 35.5. The number of sulfonamides is 1. The second-order valence-corrected chi connectivity index (χ2v) is 8.74. The molecule has 146 valence electrons. The molecule has 2 aromatic carbocycles. The largest absolute Gasteiger partial charge is 0.466 e. The molecule has 0 saturated carbocycles. The predicted octanol–water partition coefficient (Wildman–Crippen LogP) is 4.79. The first-order chi connectivity index (χ1) is 12.8. The second kappa shape index (κ2) is 9.75. The summed E-state index contributed by atoms with van der Waals surface area (Å²) >= 11 is 18.2. The molecule has 0 spiro atoms. The van der Waals surface area contributed by atoms with Crippen molar-refractivity contribution in [1.29, 1.82) is 0 Å². The Bertz CT molecular complexity index is 881. The van der Waals surface area contributed by atoms with E-state index in [0.29, 0.717) is 20.6 Å². The van der Waals surface area contributed by atoms with E-state index in [9.17, 15) is 13.2 Å². The fourth-order valence-electron chi connectivity index (χ4n) is 2.35. The highest BCUT2D eigenvalue weighted by Crippen LogP contribution is 2.28. The van der Waals surface area contributed by atoms with Gasteiger partial charge in [0.2, 0.25) is 10.0 Å². The van der Waals surface area contributed by atoms with Crippen molar-refractivity contribution < 1.29 is 17.9 Å². The third-order valence-electron chi connectivity index (χ3n) is 3.72. The smallest absolute Gasteiger partial charge is 0.307 e. The topological polar surface area (TPSA) is 63.7 Å². The van der Waals surface area contributed by atoms with E-state index in [1.165, 1.54) is 24.3 Å². The van der Waals surface area contributed by atoms with E-state index >= 15 is 0 Å². The summed E-state index contributed by atoms with van der Waals surface area (Å²) in [6.07, 6.45) is -0.0945. The molecule has 2 rings (SSSR count). The summed E-state index contributed by atoms with van der Waals surface area (Å²) in [5.41, 5.74) is 0.460. The van der Waals surface area contributed by atoms with Crippen LogP contribution >= 0.6 is 34.8 Å². The highest BCUT2D eigenvalue weighted by molar-refractivity contribution is 7.89. The molecule has 0 radical (unpaired) electrons. The van der Waals surface area contributed by atoms with Crippen molar-refractivity contribution in [3.05, 3.63) is 63.1 Å². The number of nitrogens with zero attached hydrogens (tertiary/aromatic N) is 1. The van der Waals surface area contributed by atoms with E-state index in [2.05, 4.69) is 0 Å². The average Bonchev–Trinajstić information content (AvgIpc) is 2.61. The molecular formula is C18H18Cl3NO4S. The molecule has 0 aromatic heterocycles. The number of esters is 1. The summed E-state index contributed by atoms with van der Waals surface area (Å²) in [7, 11) is -3.91. The lowest BCUT2D eigenvalue weighted by atomic mass is 10.2. The van der Waals surface area contributed by atoms with Crippen LogP contribution < -0.4 is 0 Å². The number of hydrogen-bond acceptors (Lipinski definition) is 4. The first-order valence-corrected chi connectivity index (χ1v) is 10.7. The third-order valence-corrected chi connectivity index (χ3v) is 6.54. The number of ether oxygens (including phenoxy) is 1. The van der Waals surface area contributed by atoms with Gasteiger partial charge in [0, 0.05) is 33.7 Å². The minimum Gasteiger partial charge on any atom is -0.466 e. The van der Waals surface area contributed by atoms with E-state index in [-0.39, 0.29) is 31.0 Å². The average molecular weight is 451 g/mol. The molecule has 0 amide bonds. The van der Waals surface area contributed by atoms with Crippen LogP contribution in [0.1, 0.15) is 18.9 Å². The first kappa shape index (κ1) is 22.0. The van der Waals surface area contributed by atoms with Gasteiger partial charge in [0.05, 0.1) is 17.9 Å². The van der Waals surface area contributed by atoms with Gasteiger partial charge in [-0.05, 0) is 43.3 Å². The molecule has 0 aliphatic carbocycles. The Labute approximate surface area is 173 Å². The summed E-state index contributed by atoms with van der Waals surface area (Å²) < 4.78 is 32.2. The van der Waals surface area contributed by atoms with Crippen molar-refractivity contribution in [2.45, 2.75) is 24.8 Å². The van der Waals surface area contributed by atoms with Gasteiger partial charge >= 0.3 is 5.97 Å². The van der Waals surface area contributed by atoms with Crippen molar-refractivity contribution in [2.24, 2.45) is 0 Å². The van der Waals surface area contributed by atoms with Crippen LogP contribution in [-0.4, -0.2) is 31.8 Å². The third kappa shape index (κ3) is 5.83. The standard InChI is InChI=1S/C18H18Cl3NO4S/c1-2-26-18(23)10-11-22(12-15-16(20)4-3-5-17(15)21)27(24,25)14-8-6-13(19)7-9-14/h3-9H,2,10-12H2,1H3. The fourth-order valence-corrected chi connectivity index (χ4v) is 4.40. The molecule has 0 atom stereocenters. The number of halogens is 3. The van der Waals surface area contributed by atoms with Crippen LogP contribution in [0.25, 0.3) is 0 Å². The van der Waals surface area contributed by atoms with E-state index in [0.717, 1.165) is 4.31 Å². The number of carbonyl (C=O) groups is 1. The van der Waals surface area contributed by atoms with Gasteiger partial charge in [0.1, 0.15) is 0 Å². The van der Waals surface area contributed by atoms with Crippen molar-refractivity contribution in [2.75, 3.05) is 13.2 Å². The number of benzene rings is 2. The van der Waals surface area contributed by atoms with Crippen molar-refractivity contribution in [3.8, 4) is 0 Å². The van der Waals surface area contributed by atoms with Crippen LogP contribution in [0.4, 0.5) is 0 Å². The maximum atomic E-state index is 13.1. The zero-order valence-corrected chi connectivity index (χ0v) is 17.6. The Kier molecular flexibility index (Phi) is 7.94. The molecule has 0 fully saturated rings. The van der Waals surface area contributed by atoms with E-state index in [1.54, 1.807) is 25.1 Å². The molecule has 9 heteroatoms. The maximum absolute atomic E-state index is 13.1. The Morgan fingerprint density at radius 2 is 1.63 bits per heavy atom. The quantitative estimate of drug-likeness (QED) is 0.542. The Morgan fingerprint density at radius 1 is 1.04 bits per heavy atom. The summed E-state index contributed by atoms with van der Waals surface area (Å²) in [5, 5.41) is 1.10. The predicted molar refractivity (Wildman–Crippen MR) is 107 cm³/mol. The fraction of sp³-hybridized carbons (Fsp3) is 0.278. The Balaban J connectivity index is 2.36. The number of hydrogen-bond donors (Lipinski definition) is 0. The van der Waals surface area contributed by atoms with Crippen molar-refractivity contribution in [1.82, 2.24) is 4.31 Å². The van der Waals surface area contributed by atoms with Gasteiger partial charge in [0.15, 0.2) is 0 Å². The molecule has 27 heavy (non-hydrogen) atoms. The molecule has 0 N–H and O–H groups in total. The lowest BCUT2D eigenvalue weighted by molar-refractivity contribution is -0.143. The van der Waals surface area contributed by atoms with Crippen molar-refractivity contribution in [3.63, 3.8) is 0 Å². The zero-order valence-electron chi connectivity index (χ0n) is 14.5. The maximum Gasteiger partial charge on any atom is 0.307 e. The summed E-state index contributed by atoms with van der Waals surface area (Å²) in [4.78, 5) is 11.8. The van der Waals surface area contributed by atoms with Crippen molar-refractivity contribution >= 4 is 50.8 Å². The van der Waals surface area contributed by atoms with Gasteiger partial charge in [-0.15, -0.1) is 0 Å². The van der Waals surface area contributed by atoms with Crippen LogP contribution in [0, 0.1) is 0 Å². The number of rotatable bonds is 8. The van der Waals surface area contributed by atoms with Crippen LogP contribution in [-0.2, 0) is 26.1 Å². The molecule has 0 heterocycles. The second-order valence-electron chi connectivity index (χ2n) is 5.55. The molecule has 0 saturated heterocycles. The van der Waals surface area contributed by atoms with Crippen LogP contribution in [0.3, 0.4) is 0 Å². The van der Waals surface area contributed by atoms with Gasteiger partial charge in [-0.2, -0.15) is 4.31 Å². The van der Waals surface area contributed by atoms with Gasteiger partial charge < -0.3 is 4.74 Å². The highest BCUT2D eigenvalue weighted by Gasteiger charge is 2.27. The zero-order chi connectivity index (χ0) is 20.0. The van der Waals surface area contributed by atoms with Gasteiger partial charge in [-0.1, -0.05) is 40.9 Å². The monoisotopic (exact) mass is 449 g/mol. The minimum absolute atomic E-state index is 0.0546. The summed E-state index contributed by atoms with van der Waals surface area (Å²) in [6, 6.07) is 10.7. The molecule has 0 bridgehead atoms. The molecular weight excluding hydrogens is 433 g/mol. The van der Waals surface area contributed by atoms with Gasteiger partial charge in [0.25, 0.3) is 0 Å². The van der Waals surface area contributed by atoms with E-state index < -0.39 is 16.0 Å². The molecule has 0 aliphatic rings. The SMILES string of the molecule is CCOC(=O)CCN(Cc1c(Cl)cccc1Cl)S(=O)(=O)c1ccc(Cl)cc1. The van der Waals surface area contributed by atoms with Crippen LogP contribution in [0.2, 0.25) is 15.1 Å². The molecule has 2 aromatic rings. The van der Waals surface area contributed by atoms with Gasteiger partial charge in [-0.3, -0.25) is 4.79 Å². The normalized spacial score (nSPS) is 11.6. The molecule has 0 unspecified atom stereocenters. The Hall–Kier alpha value is -1.31.